The Morgan fingerprint density at radius 2 is 1.57 bits per heavy atom. The third-order valence-electron chi connectivity index (χ3n) is 1.33. The highest BCUT2D eigenvalue weighted by atomic mass is 14.9. The highest BCUT2D eigenvalue weighted by molar-refractivity contribution is 4.94. The molecule has 0 radical (unpaired) electrons. The first-order valence-corrected chi connectivity index (χ1v) is 2.82. The fourth-order valence-corrected chi connectivity index (χ4v) is 0.958. The molecule has 1 nitrogen and oxygen atoms in total. The molecule has 0 aromatic carbocycles. The molecule has 1 heterocycles. The third-order valence-corrected chi connectivity index (χ3v) is 1.33. The molecule has 0 aromatic heterocycles. The van der Waals surface area contributed by atoms with Crippen LogP contribution in [-0.2, 0) is 0 Å². The van der Waals surface area contributed by atoms with Crippen LogP contribution in [0.25, 0.3) is 0 Å². The molecule has 2 atom stereocenters. The molecule has 0 saturated heterocycles. The van der Waals surface area contributed by atoms with Gasteiger partial charge in [-0.15, -0.1) is 0 Å². The Labute approximate surface area is 44.4 Å². The highest BCUT2D eigenvalue weighted by Crippen LogP contribution is 1.88. The molecule has 0 spiro atoms. The molecule has 0 aliphatic carbocycles. The number of nitrogens with two attached hydrogens (primary N) is 1. The Bertz CT molecular complexity index is 76.2. The van der Waals surface area contributed by atoms with Gasteiger partial charge in [0.05, 0.1) is 0 Å². The largest absolute Gasteiger partial charge is 0.335 e. The fourth-order valence-electron chi connectivity index (χ4n) is 0.958. The number of hydrogen-bond donors (Lipinski definition) is 1. The zero-order valence-corrected chi connectivity index (χ0v) is 4.89. The molecule has 0 aromatic rings. The maximum Gasteiger partial charge on any atom is 0.102 e. The molecule has 0 saturated carbocycles. The van der Waals surface area contributed by atoms with Gasteiger partial charge in [-0.3, -0.25) is 0 Å². The highest BCUT2D eigenvalue weighted by Gasteiger charge is 2.10. The van der Waals surface area contributed by atoms with Crippen LogP contribution in [0.15, 0.2) is 12.2 Å². The van der Waals surface area contributed by atoms with E-state index in [-0.39, 0.29) is 0 Å². The first-order valence-electron chi connectivity index (χ1n) is 2.82. The summed E-state index contributed by atoms with van der Waals surface area (Å²) in [6.07, 6.45) is 4.48. The first-order chi connectivity index (χ1) is 3.29. The molecule has 1 rings (SSSR count). The van der Waals surface area contributed by atoms with Gasteiger partial charge in [0, 0.05) is 0 Å². The molecule has 0 amide bonds. The van der Waals surface area contributed by atoms with Crippen LogP contribution in [0.1, 0.15) is 13.8 Å². The van der Waals surface area contributed by atoms with E-state index in [1.54, 1.807) is 0 Å². The van der Waals surface area contributed by atoms with Gasteiger partial charge in [0.25, 0.3) is 0 Å². The van der Waals surface area contributed by atoms with Crippen molar-refractivity contribution in [1.82, 2.24) is 0 Å². The van der Waals surface area contributed by atoms with Crippen molar-refractivity contribution in [2.24, 2.45) is 0 Å². The second-order valence-corrected chi connectivity index (χ2v) is 2.30. The summed E-state index contributed by atoms with van der Waals surface area (Å²) in [7, 11) is 0. The van der Waals surface area contributed by atoms with E-state index in [1.807, 2.05) is 0 Å². The van der Waals surface area contributed by atoms with Crippen molar-refractivity contribution in [2.75, 3.05) is 0 Å². The zero-order chi connectivity index (χ0) is 5.28. The summed E-state index contributed by atoms with van der Waals surface area (Å²) in [6.45, 7) is 4.42. The van der Waals surface area contributed by atoms with Crippen molar-refractivity contribution < 1.29 is 5.32 Å². The number of quaternary nitrogens is 1. The van der Waals surface area contributed by atoms with E-state index < -0.39 is 0 Å². The van der Waals surface area contributed by atoms with E-state index in [2.05, 4.69) is 31.3 Å². The maximum atomic E-state index is 2.33. The van der Waals surface area contributed by atoms with Crippen molar-refractivity contribution in [3.8, 4) is 0 Å². The van der Waals surface area contributed by atoms with Gasteiger partial charge >= 0.3 is 0 Å². The zero-order valence-electron chi connectivity index (χ0n) is 4.89. The van der Waals surface area contributed by atoms with Crippen molar-refractivity contribution >= 4 is 0 Å². The number of rotatable bonds is 0. The Morgan fingerprint density at radius 1 is 1.14 bits per heavy atom. The van der Waals surface area contributed by atoms with Gasteiger partial charge in [-0.1, -0.05) is 0 Å². The number of hydrogen-bond acceptors (Lipinski definition) is 0. The minimum Gasteiger partial charge on any atom is -0.335 e. The summed E-state index contributed by atoms with van der Waals surface area (Å²) < 4.78 is 0. The van der Waals surface area contributed by atoms with Gasteiger partial charge in [0.15, 0.2) is 0 Å². The molecule has 0 unspecified atom stereocenters. The van der Waals surface area contributed by atoms with Crippen LogP contribution in [0.3, 0.4) is 0 Å². The van der Waals surface area contributed by atoms with E-state index in [0.29, 0.717) is 0 Å². The van der Waals surface area contributed by atoms with Crippen molar-refractivity contribution in [1.29, 1.82) is 0 Å². The standard InChI is InChI=1S/C6H11N/c1-5-3-4-6(2)7-5/h3-7H,1-2H3/p+1/t5-,6-/m0/s1. The molecule has 1 aliphatic heterocycles. The van der Waals surface area contributed by atoms with Crippen LogP contribution >= 0.6 is 0 Å². The second-order valence-electron chi connectivity index (χ2n) is 2.30. The molecule has 2 N–H and O–H groups in total. The molecular formula is C6H12N+. The van der Waals surface area contributed by atoms with Gasteiger partial charge in [-0.05, 0) is 26.0 Å². The smallest absolute Gasteiger partial charge is 0.102 e. The van der Waals surface area contributed by atoms with Crippen molar-refractivity contribution in [2.45, 2.75) is 25.9 Å². The van der Waals surface area contributed by atoms with Crippen molar-refractivity contribution in [3.63, 3.8) is 0 Å². The lowest BCUT2D eigenvalue weighted by atomic mass is 10.4. The quantitative estimate of drug-likeness (QED) is 0.407. The van der Waals surface area contributed by atoms with Crippen LogP contribution in [0.2, 0.25) is 0 Å². The summed E-state index contributed by atoms with van der Waals surface area (Å²) in [5, 5.41) is 2.33. The Balaban J connectivity index is 2.42. The fraction of sp³-hybridized carbons (Fsp3) is 0.667. The van der Waals surface area contributed by atoms with Gasteiger partial charge < -0.3 is 5.32 Å². The van der Waals surface area contributed by atoms with E-state index >= 15 is 0 Å². The molecule has 1 heteroatoms. The van der Waals surface area contributed by atoms with Crippen LogP contribution < -0.4 is 5.32 Å². The predicted molar refractivity (Wildman–Crippen MR) is 30.0 cm³/mol. The average Bonchev–Trinajstić information content (AvgIpc) is 1.87. The molecule has 1 aliphatic rings. The predicted octanol–water partition coefficient (Wildman–Crippen LogP) is -0.103. The third kappa shape index (κ3) is 1.03. The summed E-state index contributed by atoms with van der Waals surface area (Å²) >= 11 is 0. The maximum absolute atomic E-state index is 2.33. The van der Waals surface area contributed by atoms with E-state index in [9.17, 15) is 0 Å². The summed E-state index contributed by atoms with van der Waals surface area (Å²) in [4.78, 5) is 0. The molecule has 40 valence electrons. The Hall–Kier alpha value is -0.300. The van der Waals surface area contributed by atoms with Gasteiger partial charge in [0.2, 0.25) is 0 Å². The molecule has 0 fully saturated rings. The van der Waals surface area contributed by atoms with E-state index in [4.69, 9.17) is 0 Å². The van der Waals surface area contributed by atoms with E-state index in [0.717, 1.165) is 12.1 Å². The minimum absolute atomic E-state index is 0.718. The lowest BCUT2D eigenvalue weighted by Crippen LogP contribution is -2.90. The first kappa shape index (κ1) is 4.85. The summed E-state index contributed by atoms with van der Waals surface area (Å²) in [5.41, 5.74) is 0. The monoisotopic (exact) mass is 98.1 g/mol. The van der Waals surface area contributed by atoms with Crippen LogP contribution in [0.4, 0.5) is 0 Å². The Morgan fingerprint density at radius 3 is 1.71 bits per heavy atom. The van der Waals surface area contributed by atoms with Crippen LogP contribution in [0.5, 0.6) is 0 Å². The minimum atomic E-state index is 0.718. The topological polar surface area (TPSA) is 16.6 Å². The van der Waals surface area contributed by atoms with Crippen LogP contribution in [-0.4, -0.2) is 12.1 Å². The second kappa shape index (κ2) is 1.66. The molecular weight excluding hydrogens is 86.1 g/mol. The molecule has 0 bridgehead atoms. The van der Waals surface area contributed by atoms with Crippen molar-refractivity contribution in [3.05, 3.63) is 12.2 Å². The lowest BCUT2D eigenvalue weighted by Gasteiger charge is -1.99. The summed E-state index contributed by atoms with van der Waals surface area (Å²) in [6, 6.07) is 1.44. The van der Waals surface area contributed by atoms with Gasteiger partial charge in [0.1, 0.15) is 12.1 Å². The SMILES string of the molecule is C[C@H]1C=C[C@H](C)[NH2+]1. The average molecular weight is 98.2 g/mol. The van der Waals surface area contributed by atoms with Gasteiger partial charge in [-0.25, -0.2) is 0 Å². The normalized spacial score (nSPS) is 39.7. The van der Waals surface area contributed by atoms with Gasteiger partial charge in [-0.2, -0.15) is 0 Å². The van der Waals surface area contributed by atoms with Crippen LogP contribution in [0, 0.1) is 0 Å². The summed E-state index contributed by atoms with van der Waals surface area (Å²) in [5.74, 6) is 0. The van der Waals surface area contributed by atoms with E-state index in [1.165, 1.54) is 0 Å². The Kier molecular flexibility index (Phi) is 1.15. The molecule has 7 heavy (non-hydrogen) atoms. The lowest BCUT2D eigenvalue weighted by molar-refractivity contribution is -0.688.